The molecule has 3 atom stereocenters. The van der Waals surface area contributed by atoms with Gasteiger partial charge in [-0.05, 0) is 34.7 Å². The smallest absolute Gasteiger partial charge is 0.267 e. The van der Waals surface area contributed by atoms with E-state index in [1.54, 1.807) is 29.2 Å². The predicted molar refractivity (Wildman–Crippen MR) is 161 cm³/mol. The van der Waals surface area contributed by atoms with E-state index in [1.165, 1.54) is 27.8 Å². The lowest BCUT2D eigenvalue weighted by atomic mass is 10.0. The number of nitrogens with zero attached hydrogens (tertiary/aromatic N) is 2. The number of sulfonamides is 1. The quantitative estimate of drug-likeness (QED) is 0.389. The number of nitrogens with one attached hydrogen (secondary N) is 1. The van der Waals surface area contributed by atoms with Crippen molar-refractivity contribution in [3.05, 3.63) is 90.5 Å². The minimum atomic E-state index is -4.12. The van der Waals surface area contributed by atoms with Crippen molar-refractivity contribution in [2.24, 2.45) is 5.73 Å². The first-order chi connectivity index (χ1) is 19.2. The Kier molecular flexibility index (Phi) is 8.58. The summed E-state index contributed by atoms with van der Waals surface area (Å²) >= 11 is 2.56. The summed E-state index contributed by atoms with van der Waals surface area (Å²) in [6.07, 6.45) is 0. The average Bonchev–Trinajstić information content (AvgIpc) is 3.66. The van der Waals surface area contributed by atoms with Crippen molar-refractivity contribution in [1.82, 2.24) is 14.5 Å². The number of rotatable bonds is 9. The van der Waals surface area contributed by atoms with Crippen molar-refractivity contribution in [3.8, 4) is 11.1 Å². The van der Waals surface area contributed by atoms with Gasteiger partial charge in [0.25, 0.3) is 5.91 Å². The minimum Gasteiger partial charge on any atom is -0.368 e. The topological polar surface area (TPSA) is 113 Å². The van der Waals surface area contributed by atoms with Gasteiger partial charge in [-0.3, -0.25) is 9.59 Å². The predicted octanol–water partition coefficient (Wildman–Crippen LogP) is 3.53. The largest absolute Gasteiger partial charge is 0.368 e. The molecule has 3 aromatic carbocycles. The van der Waals surface area contributed by atoms with E-state index in [2.05, 4.69) is 5.32 Å². The zero-order chi connectivity index (χ0) is 28.3. The Hall–Kier alpha value is -2.83. The maximum absolute atomic E-state index is 14.2. The highest BCUT2D eigenvalue weighted by Gasteiger charge is 2.61. The normalized spacial score (nSPS) is 22.7. The van der Waals surface area contributed by atoms with Crippen molar-refractivity contribution in [2.75, 3.05) is 31.1 Å². The Morgan fingerprint density at radius 2 is 1.57 bits per heavy atom. The first-order valence-corrected chi connectivity index (χ1v) is 16.6. The molecular weight excluding hydrogens is 565 g/mol. The van der Waals surface area contributed by atoms with Crippen LogP contribution >= 0.6 is 23.5 Å². The standard InChI is InChI=1S/C29H32N4O4S3/c1-21(22-8-4-2-5-9-22)20-31-28(35)29(32-16-18-38-27(32)26(30)34)33(17-19-39-29)40(36,37)25-14-12-24(13-15-25)23-10-6-3-7-11-23/h2-15,21,27H,16-20H2,1H3,(H2,30,34)(H,31,35). The number of benzene rings is 3. The lowest BCUT2D eigenvalue weighted by Gasteiger charge is -2.43. The first-order valence-electron chi connectivity index (χ1n) is 13.1. The molecule has 0 aliphatic carbocycles. The van der Waals surface area contributed by atoms with Gasteiger partial charge in [-0.2, -0.15) is 4.31 Å². The Labute approximate surface area is 243 Å². The van der Waals surface area contributed by atoms with Crippen molar-refractivity contribution < 1.29 is 18.0 Å². The van der Waals surface area contributed by atoms with Crippen molar-refractivity contribution in [1.29, 1.82) is 0 Å². The summed E-state index contributed by atoms with van der Waals surface area (Å²) in [5.74, 6) is -0.0942. The van der Waals surface area contributed by atoms with Gasteiger partial charge in [-0.25, -0.2) is 13.3 Å². The number of carbonyl (C=O) groups excluding carboxylic acids is 2. The highest BCUT2D eigenvalue weighted by molar-refractivity contribution is 8.03. The second kappa shape index (κ2) is 12.0. The van der Waals surface area contributed by atoms with Gasteiger partial charge < -0.3 is 11.1 Å². The summed E-state index contributed by atoms with van der Waals surface area (Å²) in [4.78, 5) is 26.7. The van der Waals surface area contributed by atoms with E-state index in [-0.39, 0.29) is 17.4 Å². The van der Waals surface area contributed by atoms with Crippen LogP contribution in [0.4, 0.5) is 0 Å². The third kappa shape index (κ3) is 5.40. The maximum atomic E-state index is 14.2. The number of amides is 2. The van der Waals surface area contributed by atoms with Crippen LogP contribution < -0.4 is 11.1 Å². The van der Waals surface area contributed by atoms with Crippen molar-refractivity contribution >= 4 is 45.4 Å². The van der Waals surface area contributed by atoms with E-state index in [4.69, 9.17) is 5.73 Å². The number of primary amides is 1. The van der Waals surface area contributed by atoms with Gasteiger partial charge >= 0.3 is 0 Å². The second-order valence-electron chi connectivity index (χ2n) is 9.76. The fourth-order valence-corrected chi connectivity index (χ4v) is 9.87. The van der Waals surface area contributed by atoms with Crippen LogP contribution in [0.5, 0.6) is 0 Å². The number of thioether (sulfide) groups is 2. The molecule has 0 saturated carbocycles. The van der Waals surface area contributed by atoms with Gasteiger partial charge in [0, 0.05) is 31.1 Å². The molecular formula is C29H32N4O4S3. The summed E-state index contributed by atoms with van der Waals surface area (Å²) in [7, 11) is -4.12. The molecule has 2 aliphatic heterocycles. The summed E-state index contributed by atoms with van der Waals surface area (Å²) in [6, 6.07) is 26.2. The Bertz CT molecular complexity index is 1460. The van der Waals surface area contributed by atoms with Gasteiger partial charge in [0.2, 0.25) is 20.9 Å². The molecule has 5 rings (SSSR count). The Morgan fingerprint density at radius 3 is 2.23 bits per heavy atom. The SMILES string of the molecule is CC(CNC(=O)C1(N2CCSC2C(N)=O)SCCN1S(=O)(=O)c1ccc(-c2ccccc2)cc1)c1ccccc1. The molecule has 8 nitrogen and oxygen atoms in total. The van der Waals surface area contributed by atoms with Gasteiger partial charge in [-0.1, -0.05) is 79.7 Å². The van der Waals surface area contributed by atoms with Gasteiger partial charge in [0.15, 0.2) is 0 Å². The molecule has 0 aromatic heterocycles. The number of carbonyl (C=O) groups is 2. The monoisotopic (exact) mass is 596 g/mol. The van der Waals surface area contributed by atoms with Crippen LogP contribution in [-0.2, 0) is 19.6 Å². The molecule has 3 N–H and O–H groups in total. The van der Waals surface area contributed by atoms with Crippen LogP contribution in [-0.4, -0.2) is 70.9 Å². The summed E-state index contributed by atoms with van der Waals surface area (Å²) < 4.78 is 29.6. The van der Waals surface area contributed by atoms with Crippen molar-refractivity contribution in [3.63, 3.8) is 0 Å². The van der Waals surface area contributed by atoms with Crippen LogP contribution in [0, 0.1) is 0 Å². The molecule has 0 bridgehead atoms. The van der Waals surface area contributed by atoms with E-state index in [9.17, 15) is 18.0 Å². The molecule has 2 amide bonds. The highest BCUT2D eigenvalue weighted by atomic mass is 32.2. The molecule has 3 aromatic rings. The van der Waals surface area contributed by atoms with Crippen LogP contribution in [0.15, 0.2) is 89.8 Å². The first kappa shape index (κ1) is 28.7. The molecule has 2 aliphatic rings. The van der Waals surface area contributed by atoms with Crippen LogP contribution in [0.1, 0.15) is 18.4 Å². The summed E-state index contributed by atoms with van der Waals surface area (Å²) in [5.41, 5.74) is 8.66. The van der Waals surface area contributed by atoms with Crippen LogP contribution in [0.2, 0.25) is 0 Å². The molecule has 2 heterocycles. The van der Waals surface area contributed by atoms with E-state index in [0.717, 1.165) is 16.7 Å². The minimum absolute atomic E-state index is 0.00378. The van der Waals surface area contributed by atoms with E-state index >= 15 is 0 Å². The average molecular weight is 597 g/mol. The lowest BCUT2D eigenvalue weighted by molar-refractivity contribution is -0.135. The van der Waals surface area contributed by atoms with E-state index in [0.29, 0.717) is 24.6 Å². The van der Waals surface area contributed by atoms with Crippen LogP contribution in [0.25, 0.3) is 11.1 Å². The van der Waals surface area contributed by atoms with Crippen molar-refractivity contribution in [2.45, 2.75) is 28.1 Å². The van der Waals surface area contributed by atoms with Gasteiger partial charge in [0.05, 0.1) is 4.90 Å². The molecule has 2 saturated heterocycles. The number of hydrogen-bond donors (Lipinski definition) is 2. The molecule has 0 radical (unpaired) electrons. The fraction of sp³-hybridized carbons (Fsp3) is 0.310. The zero-order valence-electron chi connectivity index (χ0n) is 22.1. The molecule has 0 spiro atoms. The lowest BCUT2D eigenvalue weighted by Crippen LogP contribution is -2.67. The Morgan fingerprint density at radius 1 is 0.950 bits per heavy atom. The maximum Gasteiger partial charge on any atom is 0.267 e. The highest BCUT2D eigenvalue weighted by Crippen LogP contribution is 2.47. The van der Waals surface area contributed by atoms with E-state index < -0.39 is 32.2 Å². The van der Waals surface area contributed by atoms with Crippen LogP contribution in [0.3, 0.4) is 0 Å². The molecule has 40 heavy (non-hydrogen) atoms. The molecule has 2 fully saturated rings. The Balaban J connectivity index is 1.48. The zero-order valence-corrected chi connectivity index (χ0v) is 24.6. The molecule has 210 valence electrons. The van der Waals surface area contributed by atoms with Gasteiger partial charge in [0.1, 0.15) is 5.37 Å². The van der Waals surface area contributed by atoms with E-state index in [1.807, 2.05) is 67.6 Å². The summed E-state index contributed by atoms with van der Waals surface area (Å²) in [6.45, 7) is 2.80. The second-order valence-corrected chi connectivity index (χ2v) is 14.1. The summed E-state index contributed by atoms with van der Waals surface area (Å²) in [5, 5.41) is 2.20. The number of nitrogens with two attached hydrogens (primary N) is 1. The third-order valence-electron chi connectivity index (χ3n) is 7.24. The fourth-order valence-electron chi connectivity index (χ4n) is 5.17. The molecule has 11 heteroatoms. The third-order valence-corrected chi connectivity index (χ3v) is 11.9. The molecule has 3 unspecified atom stereocenters. The number of hydrogen-bond acceptors (Lipinski definition) is 7. The van der Waals surface area contributed by atoms with Gasteiger partial charge in [-0.15, -0.1) is 23.5 Å².